The second-order valence-corrected chi connectivity index (χ2v) is 25.9. The van der Waals surface area contributed by atoms with Crippen LogP contribution in [0.4, 0.5) is 0 Å². The van der Waals surface area contributed by atoms with Crippen molar-refractivity contribution in [3.63, 3.8) is 0 Å². The minimum atomic E-state index is -2.21. The molecule has 0 amide bonds. The molecule has 0 bridgehead atoms. The third-order valence-electron chi connectivity index (χ3n) is 20.8. The van der Waals surface area contributed by atoms with Crippen LogP contribution in [-0.2, 0) is 47.5 Å². The first-order valence-corrected chi connectivity index (χ1v) is 27.3. The molecule has 0 aromatic carbocycles. The number of carbonyl (C=O) groups excluding carboxylic acids is 1. The average Bonchev–Trinajstić information content (AvgIpc) is 3.51. The minimum Gasteiger partial charge on any atom is -0.479 e. The van der Waals surface area contributed by atoms with Crippen molar-refractivity contribution >= 4 is 11.8 Å². The second-order valence-electron chi connectivity index (χ2n) is 25.9. The maximum Gasteiger partial charge on any atom is 0.335 e. The van der Waals surface area contributed by atoms with Gasteiger partial charge in [0.1, 0.15) is 97.2 Å². The number of aliphatic hydroxyl groups is 13. The maximum absolute atomic E-state index is 14.3. The van der Waals surface area contributed by atoms with Gasteiger partial charge in [-0.3, -0.25) is 4.79 Å². The summed E-state index contributed by atoms with van der Waals surface area (Å²) >= 11 is 0. The van der Waals surface area contributed by atoms with E-state index in [1.165, 1.54) is 5.57 Å². The largest absolute Gasteiger partial charge is 0.479 e. The molecule has 77 heavy (non-hydrogen) atoms. The molecule has 0 spiro atoms. The van der Waals surface area contributed by atoms with E-state index in [-0.39, 0.29) is 46.2 Å². The van der Waals surface area contributed by atoms with Gasteiger partial charge in [0.05, 0.1) is 25.9 Å². The fraction of sp³-hybridized carbons (Fsp3) is 0.925. The van der Waals surface area contributed by atoms with Crippen molar-refractivity contribution in [3.05, 3.63) is 11.6 Å². The highest BCUT2D eigenvalue weighted by atomic mass is 16.8. The van der Waals surface area contributed by atoms with Crippen molar-refractivity contribution in [1.82, 2.24) is 0 Å². The Morgan fingerprint density at radius 1 is 0.584 bits per heavy atom. The molecule has 440 valence electrons. The minimum absolute atomic E-state index is 0.0368. The molecule has 14 N–H and O–H groups in total. The Morgan fingerprint density at radius 3 is 1.64 bits per heavy atom. The van der Waals surface area contributed by atoms with Gasteiger partial charge in [0.25, 0.3) is 0 Å². The van der Waals surface area contributed by atoms with Crippen LogP contribution in [0.5, 0.6) is 0 Å². The number of rotatable bonds is 12. The number of aliphatic hydroxyl groups excluding tert-OH is 12. The number of ether oxygens (including phenoxy) is 8. The summed E-state index contributed by atoms with van der Waals surface area (Å²) in [6, 6.07) is 0. The summed E-state index contributed by atoms with van der Waals surface area (Å²) in [5.41, 5.74) is -2.14. The van der Waals surface area contributed by atoms with E-state index in [0.29, 0.717) is 32.1 Å². The Kier molecular flexibility index (Phi) is 16.5. The highest BCUT2D eigenvalue weighted by Crippen LogP contribution is 2.74. The molecule has 9 rings (SSSR count). The molecule has 8 fully saturated rings. The lowest BCUT2D eigenvalue weighted by Crippen LogP contribution is -2.69. The smallest absolute Gasteiger partial charge is 0.335 e. The lowest BCUT2D eigenvalue weighted by molar-refractivity contribution is -0.401. The summed E-state index contributed by atoms with van der Waals surface area (Å²) in [5.74, 6) is -2.03. The zero-order valence-electron chi connectivity index (χ0n) is 44.8. The molecule has 24 heteroatoms. The highest BCUT2D eigenvalue weighted by Gasteiger charge is 2.71. The van der Waals surface area contributed by atoms with Crippen LogP contribution >= 0.6 is 0 Å². The van der Waals surface area contributed by atoms with Gasteiger partial charge in [-0.15, -0.1) is 0 Å². The first-order chi connectivity index (χ1) is 35.9. The maximum atomic E-state index is 14.3. The summed E-state index contributed by atoms with van der Waals surface area (Å²) in [7, 11) is 0. The molecule has 9 aliphatic rings. The van der Waals surface area contributed by atoms with Crippen LogP contribution in [0.15, 0.2) is 11.6 Å². The molecule has 0 aromatic heterocycles. The Balaban J connectivity index is 1.01. The van der Waals surface area contributed by atoms with Crippen molar-refractivity contribution in [2.75, 3.05) is 19.8 Å². The first-order valence-electron chi connectivity index (χ1n) is 27.3. The second kappa shape index (κ2) is 21.3. The van der Waals surface area contributed by atoms with Crippen molar-refractivity contribution in [2.24, 2.45) is 44.8 Å². The van der Waals surface area contributed by atoms with Crippen LogP contribution in [0.3, 0.4) is 0 Å². The lowest BCUT2D eigenvalue weighted by Gasteiger charge is -2.71. The molecule has 4 heterocycles. The van der Waals surface area contributed by atoms with Gasteiger partial charge in [-0.05, 0) is 84.9 Å². The predicted molar refractivity (Wildman–Crippen MR) is 259 cm³/mol. The van der Waals surface area contributed by atoms with Gasteiger partial charge in [0, 0.05) is 17.8 Å². The predicted octanol–water partition coefficient (Wildman–Crippen LogP) is -2.54. The molecular formula is C53H84O24. The van der Waals surface area contributed by atoms with Gasteiger partial charge in [0.15, 0.2) is 37.0 Å². The summed E-state index contributed by atoms with van der Waals surface area (Å²) in [6.45, 7) is 12.6. The van der Waals surface area contributed by atoms with Crippen molar-refractivity contribution in [1.29, 1.82) is 0 Å². The van der Waals surface area contributed by atoms with Crippen molar-refractivity contribution in [3.8, 4) is 0 Å². The van der Waals surface area contributed by atoms with E-state index in [1.54, 1.807) is 0 Å². The Hall–Kier alpha value is -1.96. The topological polar surface area (TPSA) is 391 Å². The van der Waals surface area contributed by atoms with Crippen LogP contribution < -0.4 is 0 Å². The fourth-order valence-corrected chi connectivity index (χ4v) is 16.0. The summed E-state index contributed by atoms with van der Waals surface area (Å²) in [5, 5.41) is 152. The van der Waals surface area contributed by atoms with E-state index in [4.69, 9.17) is 37.9 Å². The number of hydrogen-bond donors (Lipinski definition) is 14. The number of Topliss-reactive ketones (excluding diaryl/α,β-unsaturated/α-hetero) is 1. The zero-order valence-corrected chi connectivity index (χ0v) is 44.8. The quantitative estimate of drug-likeness (QED) is 0.0707. The van der Waals surface area contributed by atoms with Gasteiger partial charge < -0.3 is 109 Å². The third-order valence-corrected chi connectivity index (χ3v) is 20.8. The summed E-state index contributed by atoms with van der Waals surface area (Å²) < 4.78 is 48.1. The standard InChI is InChI=1S/C53H84O24/c1-48(2)14-15-53(69)22(16-48)21-8-9-27-50(5)12-11-29(49(3,4)26(50)10-13-51(27,6)52(21,7)17-28(53)57)73-47-41(76-45-37(65)34(62)31(59)24(19-55)71-45)38(66)39(42(77-47)43(67)68)74-46-40(35(63)32(60)25(20-56)72-46)75-44-36(64)33(61)30(58)23(18-54)70-44/h8,22-27,29-42,44-47,54-56,58-66,69H,9-20H2,1-7H3,(H,67,68). The van der Waals surface area contributed by atoms with Crippen LogP contribution in [0.25, 0.3) is 0 Å². The zero-order chi connectivity index (χ0) is 56.4. The number of hydrogen-bond acceptors (Lipinski definition) is 23. The Morgan fingerprint density at radius 2 is 1.09 bits per heavy atom. The Labute approximate surface area is 446 Å². The van der Waals surface area contributed by atoms with Gasteiger partial charge >= 0.3 is 5.97 Å². The van der Waals surface area contributed by atoms with Crippen LogP contribution in [0, 0.1) is 44.8 Å². The SMILES string of the molecule is CC1(C)CCC2(O)C(=O)CC3(C)C(=CCC4C5(C)CCC(OC6OC(C(=O)O)C(OC7OC(CO)C(O)C(O)C7OC7OC(CO)C(O)C(O)C7O)C(O)C6OC6OC(CO)C(O)C(O)C6O)C(C)(C)C5CCC43C)C2C1. The van der Waals surface area contributed by atoms with E-state index in [2.05, 4.69) is 40.7 Å². The number of carboxylic acid groups (broad SMARTS) is 1. The fourth-order valence-electron chi connectivity index (χ4n) is 16.0. The molecule has 5 aliphatic carbocycles. The number of ketones is 1. The normalized spacial score (nSPS) is 53.5. The lowest BCUT2D eigenvalue weighted by atomic mass is 9.34. The number of carboxylic acids is 1. The van der Waals surface area contributed by atoms with Gasteiger partial charge in [-0.1, -0.05) is 60.1 Å². The molecule has 4 saturated heterocycles. The van der Waals surface area contributed by atoms with E-state index in [0.717, 1.165) is 19.3 Å². The van der Waals surface area contributed by atoms with Crippen LogP contribution in [0.2, 0.25) is 0 Å². The molecule has 4 aliphatic heterocycles. The third kappa shape index (κ3) is 9.70. The van der Waals surface area contributed by atoms with E-state index >= 15 is 0 Å². The summed E-state index contributed by atoms with van der Waals surface area (Å²) in [4.78, 5) is 27.6. The van der Waals surface area contributed by atoms with E-state index in [9.17, 15) is 81.1 Å². The number of fused-ring (bicyclic) bond motifs is 7. The molecule has 4 saturated carbocycles. The molecule has 0 radical (unpaired) electrons. The molecule has 28 atom stereocenters. The molecular weight excluding hydrogens is 1020 g/mol. The number of aliphatic carboxylic acids is 1. The van der Waals surface area contributed by atoms with E-state index in [1.807, 2.05) is 13.8 Å². The number of allylic oxidation sites excluding steroid dienone is 1. The Bertz CT molecular complexity index is 2180. The van der Waals surface area contributed by atoms with Crippen LogP contribution in [0.1, 0.15) is 106 Å². The van der Waals surface area contributed by atoms with Crippen molar-refractivity contribution in [2.45, 2.75) is 241 Å². The van der Waals surface area contributed by atoms with Gasteiger partial charge in [0.2, 0.25) is 0 Å². The van der Waals surface area contributed by atoms with Gasteiger partial charge in [-0.2, -0.15) is 0 Å². The molecule has 0 aromatic rings. The monoisotopic (exact) mass is 1100 g/mol. The highest BCUT2D eigenvalue weighted by molar-refractivity contribution is 5.91. The summed E-state index contributed by atoms with van der Waals surface area (Å²) in [6.07, 6.45) is -31.8. The number of carbonyl (C=O) groups is 2. The average molecular weight is 1110 g/mol. The molecule has 24 nitrogen and oxygen atoms in total. The van der Waals surface area contributed by atoms with Gasteiger partial charge in [-0.25, -0.2) is 4.79 Å². The van der Waals surface area contributed by atoms with Crippen LogP contribution in [-0.4, -0.2) is 238 Å². The van der Waals surface area contributed by atoms with Crippen molar-refractivity contribution < 1.29 is 119 Å². The first kappa shape index (κ1) is 59.7. The molecule has 28 unspecified atom stereocenters. The van der Waals surface area contributed by atoms with E-state index < -0.39 is 171 Å².